The molecule has 0 N–H and O–H groups in total. The highest BCUT2D eigenvalue weighted by atomic mass is 32.1. The molecule has 0 aliphatic heterocycles. The van der Waals surface area contributed by atoms with Gasteiger partial charge in [-0.3, -0.25) is 4.79 Å². The molecule has 1 aromatic carbocycles. The van der Waals surface area contributed by atoms with Crippen LogP contribution in [0.3, 0.4) is 0 Å². The van der Waals surface area contributed by atoms with Crippen LogP contribution in [0.25, 0.3) is 0 Å². The van der Waals surface area contributed by atoms with Crippen LogP contribution in [-0.2, 0) is 12.6 Å². The predicted octanol–water partition coefficient (Wildman–Crippen LogP) is 4.33. The highest BCUT2D eigenvalue weighted by molar-refractivity contribution is 7.08. The maximum atomic E-state index is 13.7. The van der Waals surface area contributed by atoms with Gasteiger partial charge in [-0.15, -0.1) is 0 Å². The number of hydrogen-bond acceptors (Lipinski definition) is 2. The van der Waals surface area contributed by atoms with Crippen molar-refractivity contribution in [3.05, 3.63) is 57.5 Å². The first-order valence-electron chi connectivity index (χ1n) is 5.29. The Kier molecular flexibility index (Phi) is 3.71. The Hall–Kier alpha value is -1.69. The van der Waals surface area contributed by atoms with Crippen LogP contribution in [0.4, 0.5) is 17.6 Å². The van der Waals surface area contributed by atoms with Gasteiger partial charge in [0.1, 0.15) is 5.82 Å². The maximum Gasteiger partial charge on any atom is 0.419 e. The second kappa shape index (κ2) is 5.13. The molecule has 0 atom stereocenters. The smallest absolute Gasteiger partial charge is 0.294 e. The van der Waals surface area contributed by atoms with Crippen LogP contribution >= 0.6 is 11.3 Å². The van der Waals surface area contributed by atoms with Crippen molar-refractivity contribution in [1.82, 2.24) is 0 Å². The van der Waals surface area contributed by atoms with Crippen LogP contribution in [0.5, 0.6) is 0 Å². The molecule has 6 heteroatoms. The van der Waals surface area contributed by atoms with Crippen molar-refractivity contribution >= 4 is 17.1 Å². The number of benzene rings is 1. The molecule has 0 saturated carbocycles. The molecule has 0 fully saturated rings. The van der Waals surface area contributed by atoms with Gasteiger partial charge >= 0.3 is 6.18 Å². The highest BCUT2D eigenvalue weighted by Crippen LogP contribution is 2.32. The van der Waals surface area contributed by atoms with Crippen LogP contribution in [0.15, 0.2) is 35.0 Å². The summed E-state index contributed by atoms with van der Waals surface area (Å²) in [5.74, 6) is -2.17. The van der Waals surface area contributed by atoms with E-state index < -0.39 is 28.9 Å². The number of alkyl halides is 3. The van der Waals surface area contributed by atoms with E-state index in [2.05, 4.69) is 0 Å². The van der Waals surface area contributed by atoms with Gasteiger partial charge in [0, 0.05) is 6.42 Å². The van der Waals surface area contributed by atoms with Crippen molar-refractivity contribution in [2.75, 3.05) is 0 Å². The summed E-state index contributed by atoms with van der Waals surface area (Å²) in [5, 5.41) is 3.44. The monoisotopic (exact) mass is 288 g/mol. The first-order valence-corrected chi connectivity index (χ1v) is 6.24. The summed E-state index contributed by atoms with van der Waals surface area (Å²) in [6.45, 7) is 0. The molecule has 0 unspecified atom stereocenters. The minimum Gasteiger partial charge on any atom is -0.294 e. The Labute approximate surface area is 110 Å². The van der Waals surface area contributed by atoms with Gasteiger partial charge in [0.05, 0.1) is 11.1 Å². The van der Waals surface area contributed by atoms with Crippen LogP contribution in [0.2, 0.25) is 0 Å². The number of halogens is 4. The molecule has 19 heavy (non-hydrogen) atoms. The number of rotatable bonds is 3. The second-order valence-corrected chi connectivity index (χ2v) is 4.68. The van der Waals surface area contributed by atoms with Crippen molar-refractivity contribution in [1.29, 1.82) is 0 Å². The van der Waals surface area contributed by atoms with Crippen molar-refractivity contribution in [2.24, 2.45) is 0 Å². The lowest BCUT2D eigenvalue weighted by molar-refractivity contribution is -0.140. The molecular formula is C13H8F4OS. The van der Waals surface area contributed by atoms with Gasteiger partial charge in [0.2, 0.25) is 0 Å². The van der Waals surface area contributed by atoms with Crippen LogP contribution in [0, 0.1) is 5.82 Å². The number of hydrogen-bond donors (Lipinski definition) is 0. The quantitative estimate of drug-likeness (QED) is 0.607. The molecule has 1 aromatic heterocycles. The average Bonchev–Trinajstić information content (AvgIpc) is 2.80. The second-order valence-electron chi connectivity index (χ2n) is 3.90. The van der Waals surface area contributed by atoms with Crippen molar-refractivity contribution in [2.45, 2.75) is 12.6 Å². The molecule has 100 valence electrons. The summed E-state index contributed by atoms with van der Waals surface area (Å²) >= 11 is 1.36. The normalized spacial score (nSPS) is 11.6. The van der Waals surface area contributed by atoms with E-state index in [1.165, 1.54) is 11.3 Å². The zero-order valence-corrected chi connectivity index (χ0v) is 10.3. The van der Waals surface area contributed by atoms with Gasteiger partial charge in [0.15, 0.2) is 5.78 Å². The van der Waals surface area contributed by atoms with Gasteiger partial charge in [-0.05, 0) is 34.5 Å². The van der Waals surface area contributed by atoms with E-state index in [-0.39, 0.29) is 6.42 Å². The number of carbonyl (C=O) groups is 1. The summed E-state index contributed by atoms with van der Waals surface area (Å²) in [5.41, 5.74) is -1.28. The summed E-state index contributed by atoms with van der Waals surface area (Å²) in [4.78, 5) is 11.8. The largest absolute Gasteiger partial charge is 0.419 e. The van der Waals surface area contributed by atoms with Crippen LogP contribution in [0.1, 0.15) is 21.5 Å². The third kappa shape index (κ3) is 3.01. The molecule has 0 amide bonds. The number of carbonyl (C=O) groups excluding carboxylic acids is 1. The van der Waals surface area contributed by atoms with Crippen molar-refractivity contribution < 1.29 is 22.4 Å². The molecule has 0 radical (unpaired) electrons. The predicted molar refractivity (Wildman–Crippen MR) is 63.8 cm³/mol. The van der Waals surface area contributed by atoms with E-state index in [0.29, 0.717) is 11.6 Å². The van der Waals surface area contributed by atoms with E-state index in [1.54, 1.807) is 16.8 Å². The van der Waals surface area contributed by atoms with E-state index in [4.69, 9.17) is 0 Å². The first kappa shape index (κ1) is 13.7. The standard InChI is InChI=1S/C13H8F4OS/c14-12-9(2-1-3-10(12)13(15,16)17)11(18)6-8-4-5-19-7-8/h1-5,7H,6H2. The third-order valence-corrected chi connectivity index (χ3v) is 3.28. The number of thiophene rings is 1. The highest BCUT2D eigenvalue weighted by Gasteiger charge is 2.35. The van der Waals surface area contributed by atoms with Crippen LogP contribution < -0.4 is 0 Å². The zero-order valence-electron chi connectivity index (χ0n) is 9.50. The molecule has 0 aliphatic carbocycles. The van der Waals surface area contributed by atoms with Crippen molar-refractivity contribution in [3.63, 3.8) is 0 Å². The molecule has 0 aliphatic rings. The molecule has 0 spiro atoms. The fraction of sp³-hybridized carbons (Fsp3) is 0.154. The minimum absolute atomic E-state index is 0.109. The molecular weight excluding hydrogens is 280 g/mol. The molecule has 2 rings (SSSR count). The van der Waals surface area contributed by atoms with E-state index in [0.717, 1.165) is 12.1 Å². The van der Waals surface area contributed by atoms with Gasteiger partial charge < -0.3 is 0 Å². The SMILES string of the molecule is O=C(Cc1ccsc1)c1cccc(C(F)(F)F)c1F. The fourth-order valence-electron chi connectivity index (χ4n) is 1.64. The molecule has 1 heterocycles. The Bertz CT molecular complexity index is 587. The van der Waals surface area contributed by atoms with Gasteiger partial charge in [0.25, 0.3) is 0 Å². The van der Waals surface area contributed by atoms with E-state index in [9.17, 15) is 22.4 Å². The zero-order chi connectivity index (χ0) is 14.0. The Morgan fingerprint density at radius 2 is 1.95 bits per heavy atom. The topological polar surface area (TPSA) is 17.1 Å². The number of Topliss-reactive ketones (excluding diaryl/α,β-unsaturated/α-hetero) is 1. The lowest BCUT2D eigenvalue weighted by Crippen LogP contribution is -2.13. The summed E-state index contributed by atoms with van der Waals surface area (Å²) in [7, 11) is 0. The number of ketones is 1. The lowest BCUT2D eigenvalue weighted by Gasteiger charge is -2.10. The Balaban J connectivity index is 2.33. The summed E-state index contributed by atoms with van der Waals surface area (Å²) in [6, 6.07) is 4.40. The Morgan fingerprint density at radius 3 is 2.53 bits per heavy atom. The molecule has 0 bridgehead atoms. The van der Waals surface area contributed by atoms with Crippen LogP contribution in [-0.4, -0.2) is 5.78 Å². The fourth-order valence-corrected chi connectivity index (χ4v) is 2.31. The lowest BCUT2D eigenvalue weighted by atomic mass is 10.0. The summed E-state index contributed by atoms with van der Waals surface area (Å²) in [6.07, 6.45) is -4.91. The van der Waals surface area contributed by atoms with Gasteiger partial charge in [-0.25, -0.2) is 4.39 Å². The van der Waals surface area contributed by atoms with Gasteiger partial charge in [-0.1, -0.05) is 6.07 Å². The molecule has 1 nitrogen and oxygen atoms in total. The third-order valence-electron chi connectivity index (χ3n) is 2.55. The van der Waals surface area contributed by atoms with E-state index in [1.807, 2.05) is 0 Å². The summed E-state index contributed by atoms with van der Waals surface area (Å²) < 4.78 is 51.3. The molecule has 2 aromatic rings. The maximum absolute atomic E-state index is 13.7. The van der Waals surface area contributed by atoms with E-state index >= 15 is 0 Å². The van der Waals surface area contributed by atoms with Crippen molar-refractivity contribution in [3.8, 4) is 0 Å². The first-order chi connectivity index (χ1) is 8.89. The minimum atomic E-state index is -4.80. The Morgan fingerprint density at radius 1 is 1.21 bits per heavy atom. The van der Waals surface area contributed by atoms with Gasteiger partial charge in [-0.2, -0.15) is 24.5 Å². The molecule has 0 saturated heterocycles. The average molecular weight is 288 g/mol.